The predicted octanol–water partition coefficient (Wildman–Crippen LogP) is 9.82. The fourth-order valence-corrected chi connectivity index (χ4v) is 5.32. The Morgan fingerprint density at radius 3 is 2.16 bits per heavy atom. The molecule has 1 aliphatic rings. The third kappa shape index (κ3) is 8.71. The van der Waals surface area contributed by atoms with Gasteiger partial charge < -0.3 is 4.74 Å². The maximum absolute atomic E-state index is 15.3. The fourth-order valence-electron chi connectivity index (χ4n) is 5.32. The molecule has 1 unspecified atom stereocenters. The molecule has 0 radical (unpaired) electrons. The van der Waals surface area contributed by atoms with Crippen molar-refractivity contribution in [2.45, 2.75) is 123 Å². The molecule has 0 saturated heterocycles. The van der Waals surface area contributed by atoms with Gasteiger partial charge in [-0.2, -0.15) is 4.39 Å². The van der Waals surface area contributed by atoms with Crippen molar-refractivity contribution >= 4 is 0 Å². The molecule has 3 nitrogen and oxygen atoms in total. The zero-order valence-corrected chi connectivity index (χ0v) is 22.8. The second kappa shape index (κ2) is 15.3. The quantitative estimate of drug-likeness (QED) is 0.154. The van der Waals surface area contributed by atoms with E-state index >= 15 is 13.2 Å². The van der Waals surface area contributed by atoms with E-state index in [1.54, 1.807) is 24.4 Å². The largest absolute Gasteiger partial charge is 0.492 e. The molecule has 1 aliphatic carbocycles. The predicted molar refractivity (Wildman–Crippen MR) is 145 cm³/mol. The van der Waals surface area contributed by atoms with Gasteiger partial charge in [0.25, 0.3) is 5.92 Å². The third-order valence-electron chi connectivity index (χ3n) is 7.59. The van der Waals surface area contributed by atoms with E-state index in [0.717, 1.165) is 32.1 Å². The molecular formula is C31H45F3N2O. The van der Waals surface area contributed by atoms with Crippen LogP contribution in [0.25, 0.3) is 11.4 Å². The summed E-state index contributed by atoms with van der Waals surface area (Å²) in [6, 6.07) is 5.09. The summed E-state index contributed by atoms with van der Waals surface area (Å²) >= 11 is 0. The lowest BCUT2D eigenvalue weighted by atomic mass is 9.78. The van der Waals surface area contributed by atoms with Crippen LogP contribution < -0.4 is 4.74 Å². The molecule has 0 bridgehead atoms. The average Bonchev–Trinajstić information content (AvgIpc) is 2.88. The SMILES string of the molecule is CCCCCCCCCC1CCc2cc(-c3ccc(OCCCCCCCC)cn3)nc(F)c2C1(F)F. The Labute approximate surface area is 221 Å². The molecule has 0 aliphatic heterocycles. The molecule has 206 valence electrons. The zero-order chi connectivity index (χ0) is 26.5. The van der Waals surface area contributed by atoms with Gasteiger partial charge in [0, 0.05) is 5.92 Å². The number of alkyl halides is 2. The molecule has 0 aromatic carbocycles. The Balaban J connectivity index is 1.54. The number of fused-ring (bicyclic) bond motifs is 1. The van der Waals surface area contributed by atoms with Crippen molar-refractivity contribution in [2.24, 2.45) is 5.92 Å². The fraction of sp³-hybridized carbons (Fsp3) is 0.677. The Bertz CT molecular complexity index is 933. The van der Waals surface area contributed by atoms with E-state index in [4.69, 9.17) is 4.74 Å². The number of hydrogen-bond donors (Lipinski definition) is 0. The first kappa shape index (κ1) is 29.4. The normalized spacial score (nSPS) is 16.5. The Morgan fingerprint density at radius 1 is 0.865 bits per heavy atom. The van der Waals surface area contributed by atoms with Gasteiger partial charge in [-0.15, -0.1) is 0 Å². The maximum Gasteiger partial charge on any atom is 0.280 e. The van der Waals surface area contributed by atoms with Gasteiger partial charge in [-0.25, -0.2) is 13.8 Å². The molecule has 2 aromatic rings. The summed E-state index contributed by atoms with van der Waals surface area (Å²) in [6.45, 7) is 5.02. The van der Waals surface area contributed by atoms with E-state index in [1.165, 1.54) is 51.4 Å². The molecule has 2 heterocycles. The minimum Gasteiger partial charge on any atom is -0.492 e. The molecule has 0 fully saturated rings. The van der Waals surface area contributed by atoms with Crippen LogP contribution in [0.1, 0.15) is 121 Å². The first-order valence-corrected chi connectivity index (χ1v) is 14.6. The average molecular weight is 519 g/mol. The second-order valence-corrected chi connectivity index (χ2v) is 10.6. The van der Waals surface area contributed by atoms with E-state index in [0.29, 0.717) is 48.6 Å². The molecule has 0 saturated carbocycles. The number of unbranched alkanes of at least 4 members (excludes halogenated alkanes) is 11. The number of aryl methyl sites for hydroxylation is 1. The number of halogens is 3. The van der Waals surface area contributed by atoms with Gasteiger partial charge in [-0.3, -0.25) is 4.98 Å². The minimum atomic E-state index is -3.19. The Kier molecular flexibility index (Phi) is 12.2. The lowest BCUT2D eigenvalue weighted by Gasteiger charge is -2.33. The van der Waals surface area contributed by atoms with Gasteiger partial charge >= 0.3 is 0 Å². The zero-order valence-electron chi connectivity index (χ0n) is 22.8. The summed E-state index contributed by atoms with van der Waals surface area (Å²) in [7, 11) is 0. The van der Waals surface area contributed by atoms with Crippen molar-refractivity contribution < 1.29 is 17.9 Å². The summed E-state index contributed by atoms with van der Waals surface area (Å²) in [5.74, 6) is -4.42. The number of rotatable bonds is 17. The summed E-state index contributed by atoms with van der Waals surface area (Å²) in [4.78, 5) is 8.28. The van der Waals surface area contributed by atoms with Crippen LogP contribution in [-0.2, 0) is 12.3 Å². The first-order valence-electron chi connectivity index (χ1n) is 14.6. The van der Waals surface area contributed by atoms with Gasteiger partial charge in [-0.1, -0.05) is 90.9 Å². The third-order valence-corrected chi connectivity index (χ3v) is 7.59. The molecule has 0 spiro atoms. The van der Waals surface area contributed by atoms with Gasteiger partial charge in [0.15, 0.2) is 0 Å². The van der Waals surface area contributed by atoms with E-state index in [-0.39, 0.29) is 0 Å². The molecule has 0 amide bonds. The summed E-state index contributed by atoms with van der Waals surface area (Å²) in [6.07, 6.45) is 17.6. The van der Waals surface area contributed by atoms with Gasteiger partial charge in [0.1, 0.15) is 5.75 Å². The van der Waals surface area contributed by atoms with E-state index in [9.17, 15) is 0 Å². The lowest BCUT2D eigenvalue weighted by molar-refractivity contribution is -0.0824. The van der Waals surface area contributed by atoms with Gasteiger partial charge in [-0.05, 0) is 49.4 Å². The van der Waals surface area contributed by atoms with Crippen molar-refractivity contribution in [1.82, 2.24) is 9.97 Å². The number of aromatic nitrogens is 2. The highest BCUT2D eigenvalue weighted by Crippen LogP contribution is 2.47. The Hall–Kier alpha value is -2.11. The lowest BCUT2D eigenvalue weighted by Crippen LogP contribution is -2.33. The van der Waals surface area contributed by atoms with E-state index in [2.05, 4.69) is 23.8 Å². The highest BCUT2D eigenvalue weighted by molar-refractivity contribution is 5.57. The summed E-state index contributed by atoms with van der Waals surface area (Å²) < 4.78 is 51.4. The van der Waals surface area contributed by atoms with E-state index < -0.39 is 23.4 Å². The van der Waals surface area contributed by atoms with Gasteiger partial charge in [0.05, 0.1) is 29.8 Å². The van der Waals surface area contributed by atoms with Crippen molar-refractivity contribution in [3.63, 3.8) is 0 Å². The summed E-state index contributed by atoms with van der Waals surface area (Å²) in [5.41, 5.74) is 0.602. The molecular weight excluding hydrogens is 473 g/mol. The van der Waals surface area contributed by atoms with E-state index in [1.807, 2.05) is 0 Å². The topological polar surface area (TPSA) is 35.0 Å². The molecule has 1 atom stereocenters. The Morgan fingerprint density at radius 2 is 1.51 bits per heavy atom. The molecule has 6 heteroatoms. The monoisotopic (exact) mass is 518 g/mol. The van der Waals surface area contributed by atoms with Crippen molar-refractivity contribution in [2.75, 3.05) is 6.61 Å². The standard InChI is InChI=1S/C31H45F3N2O/c1-3-5-7-9-11-12-14-16-25-18-17-24-22-28(36-30(32)29(24)31(25,33)34)27-20-19-26(23-35-27)37-21-15-13-10-8-6-4-2/h19-20,22-23,25H,3-18,21H2,1-2H3. The van der Waals surface area contributed by atoms with Crippen LogP contribution >= 0.6 is 0 Å². The number of pyridine rings is 2. The summed E-state index contributed by atoms with van der Waals surface area (Å²) in [5, 5.41) is 0. The van der Waals surface area contributed by atoms with Crippen molar-refractivity contribution in [1.29, 1.82) is 0 Å². The van der Waals surface area contributed by atoms with Crippen LogP contribution in [0.15, 0.2) is 24.4 Å². The molecule has 0 N–H and O–H groups in total. The van der Waals surface area contributed by atoms with Crippen molar-refractivity contribution in [3.8, 4) is 17.1 Å². The highest BCUT2D eigenvalue weighted by Gasteiger charge is 2.47. The van der Waals surface area contributed by atoms with Crippen LogP contribution in [0.4, 0.5) is 13.2 Å². The number of ether oxygens (including phenoxy) is 1. The minimum absolute atomic E-state index is 0.292. The first-order chi connectivity index (χ1) is 18.0. The molecule has 37 heavy (non-hydrogen) atoms. The smallest absolute Gasteiger partial charge is 0.280 e. The molecule has 2 aromatic heterocycles. The van der Waals surface area contributed by atoms with Crippen LogP contribution in [0.3, 0.4) is 0 Å². The number of hydrogen-bond acceptors (Lipinski definition) is 3. The van der Waals surface area contributed by atoms with Crippen LogP contribution in [-0.4, -0.2) is 16.6 Å². The highest BCUT2D eigenvalue weighted by atomic mass is 19.3. The number of nitrogens with zero attached hydrogens (tertiary/aromatic N) is 2. The maximum atomic E-state index is 15.3. The van der Waals surface area contributed by atoms with Gasteiger partial charge in [0.2, 0.25) is 5.95 Å². The van der Waals surface area contributed by atoms with Crippen molar-refractivity contribution in [3.05, 3.63) is 41.5 Å². The van der Waals surface area contributed by atoms with Crippen LogP contribution in [0, 0.1) is 11.9 Å². The van der Waals surface area contributed by atoms with Crippen LogP contribution in [0.2, 0.25) is 0 Å². The van der Waals surface area contributed by atoms with Crippen LogP contribution in [0.5, 0.6) is 5.75 Å². The molecule has 3 rings (SSSR count). The second-order valence-electron chi connectivity index (χ2n) is 10.6.